The lowest BCUT2D eigenvalue weighted by Crippen LogP contribution is -2.40. The molecule has 3 nitrogen and oxygen atoms in total. The molecule has 1 aromatic rings. The van der Waals surface area contributed by atoms with Gasteiger partial charge >= 0.3 is 0 Å². The van der Waals surface area contributed by atoms with Crippen LogP contribution in [-0.4, -0.2) is 22.9 Å². The predicted molar refractivity (Wildman–Crippen MR) is 91.9 cm³/mol. The molecule has 4 rings (SSSR count). The van der Waals surface area contributed by atoms with Gasteiger partial charge in [-0.15, -0.1) is 0 Å². The van der Waals surface area contributed by atoms with Crippen LogP contribution in [0.3, 0.4) is 0 Å². The van der Waals surface area contributed by atoms with Gasteiger partial charge in [-0.05, 0) is 62.0 Å². The van der Waals surface area contributed by atoms with Crippen LogP contribution in [0.1, 0.15) is 68.5 Å². The van der Waals surface area contributed by atoms with Gasteiger partial charge in [-0.3, -0.25) is 4.79 Å². The van der Waals surface area contributed by atoms with Gasteiger partial charge in [-0.1, -0.05) is 30.7 Å². The van der Waals surface area contributed by atoms with E-state index < -0.39 is 0 Å². The highest BCUT2D eigenvalue weighted by Gasteiger charge is 2.40. The van der Waals surface area contributed by atoms with Crippen LogP contribution in [0.2, 0.25) is 0 Å². The number of rotatable bonds is 4. The first kappa shape index (κ1) is 15.2. The average Bonchev–Trinajstić information content (AvgIpc) is 3.31. The van der Waals surface area contributed by atoms with Crippen molar-refractivity contribution in [2.45, 2.75) is 75.9 Å². The van der Waals surface area contributed by atoms with Gasteiger partial charge in [0.15, 0.2) is 0 Å². The highest BCUT2D eigenvalue weighted by atomic mass is 16.2. The standard InChI is InChI=1S/C20H28N2O/c21-18-9-3-7-15(18)13-20(23)22(16-11-12-16)19-10-4-6-14-5-1-2-8-17(14)19/h1-2,5,8,15-16,18-19H,3-4,6-7,9-13,21H2/t15-,18+,19?/m0/s1. The summed E-state index contributed by atoms with van der Waals surface area (Å²) < 4.78 is 0. The fourth-order valence-corrected chi connectivity index (χ4v) is 4.65. The molecule has 0 heterocycles. The molecule has 0 radical (unpaired) electrons. The molecule has 0 spiro atoms. The Balaban J connectivity index is 1.55. The van der Waals surface area contributed by atoms with Gasteiger partial charge in [-0.25, -0.2) is 0 Å². The van der Waals surface area contributed by atoms with E-state index in [4.69, 9.17) is 5.73 Å². The second-order valence-electron chi connectivity index (χ2n) is 7.70. The summed E-state index contributed by atoms with van der Waals surface area (Å²) in [7, 11) is 0. The third-order valence-corrected chi connectivity index (χ3v) is 6.06. The van der Waals surface area contributed by atoms with Crippen LogP contribution in [0.25, 0.3) is 0 Å². The molecule has 0 aliphatic heterocycles. The lowest BCUT2D eigenvalue weighted by atomic mass is 9.86. The smallest absolute Gasteiger partial charge is 0.223 e. The SMILES string of the molecule is N[C@@H]1CCC[C@H]1CC(=O)N(C1CC1)C1CCCc2ccccc21. The zero-order valence-electron chi connectivity index (χ0n) is 13.9. The Morgan fingerprint density at radius 2 is 1.91 bits per heavy atom. The molecule has 2 saturated carbocycles. The van der Waals surface area contributed by atoms with Crippen molar-refractivity contribution in [3.05, 3.63) is 35.4 Å². The molecule has 1 unspecified atom stereocenters. The minimum Gasteiger partial charge on any atom is -0.333 e. The first-order chi connectivity index (χ1) is 11.2. The van der Waals surface area contributed by atoms with Crippen molar-refractivity contribution < 1.29 is 4.79 Å². The van der Waals surface area contributed by atoms with E-state index in [1.165, 1.54) is 36.8 Å². The number of nitrogens with two attached hydrogens (primary N) is 1. The van der Waals surface area contributed by atoms with Gasteiger partial charge in [0.05, 0.1) is 6.04 Å². The monoisotopic (exact) mass is 312 g/mol. The van der Waals surface area contributed by atoms with E-state index in [0.29, 0.717) is 30.3 Å². The molecule has 2 fully saturated rings. The van der Waals surface area contributed by atoms with Crippen LogP contribution >= 0.6 is 0 Å². The number of benzene rings is 1. The number of hydrogen-bond acceptors (Lipinski definition) is 2. The Labute approximate surface area is 139 Å². The average molecular weight is 312 g/mol. The van der Waals surface area contributed by atoms with E-state index in [-0.39, 0.29) is 6.04 Å². The normalized spacial score (nSPS) is 30.0. The van der Waals surface area contributed by atoms with Crippen molar-refractivity contribution in [3.63, 3.8) is 0 Å². The van der Waals surface area contributed by atoms with Crippen LogP contribution in [0.4, 0.5) is 0 Å². The minimum atomic E-state index is 0.235. The van der Waals surface area contributed by atoms with Crippen LogP contribution in [-0.2, 0) is 11.2 Å². The van der Waals surface area contributed by atoms with Crippen molar-refractivity contribution in [2.24, 2.45) is 11.7 Å². The summed E-state index contributed by atoms with van der Waals surface area (Å²) in [6.07, 6.45) is 9.91. The fourth-order valence-electron chi connectivity index (χ4n) is 4.65. The molecule has 1 amide bonds. The van der Waals surface area contributed by atoms with Gasteiger partial charge in [0, 0.05) is 18.5 Å². The summed E-state index contributed by atoms with van der Waals surface area (Å²) in [5.74, 6) is 0.763. The predicted octanol–water partition coefficient (Wildman–Crippen LogP) is 3.57. The van der Waals surface area contributed by atoms with E-state index in [9.17, 15) is 4.79 Å². The Kier molecular flexibility index (Phi) is 4.14. The zero-order chi connectivity index (χ0) is 15.8. The number of fused-ring (bicyclic) bond motifs is 1. The number of carbonyl (C=O) groups excluding carboxylic acids is 1. The van der Waals surface area contributed by atoms with E-state index >= 15 is 0 Å². The van der Waals surface area contributed by atoms with Crippen LogP contribution in [0.5, 0.6) is 0 Å². The van der Waals surface area contributed by atoms with Crippen molar-refractivity contribution >= 4 is 5.91 Å². The van der Waals surface area contributed by atoms with Crippen molar-refractivity contribution in [1.82, 2.24) is 4.90 Å². The molecule has 124 valence electrons. The highest BCUT2D eigenvalue weighted by Crippen LogP contribution is 2.42. The highest BCUT2D eigenvalue weighted by molar-refractivity contribution is 5.78. The molecule has 3 atom stereocenters. The third kappa shape index (κ3) is 3.03. The Morgan fingerprint density at radius 3 is 2.65 bits per heavy atom. The number of amides is 1. The molecule has 3 heteroatoms. The first-order valence-corrected chi connectivity index (χ1v) is 9.38. The Bertz CT molecular complexity index is 581. The molecule has 1 aromatic carbocycles. The summed E-state index contributed by atoms with van der Waals surface area (Å²) in [6, 6.07) is 9.75. The summed E-state index contributed by atoms with van der Waals surface area (Å²) in [6.45, 7) is 0. The number of nitrogens with zero attached hydrogens (tertiary/aromatic N) is 1. The molecular weight excluding hydrogens is 284 g/mol. The van der Waals surface area contributed by atoms with Gasteiger partial charge in [-0.2, -0.15) is 0 Å². The van der Waals surface area contributed by atoms with E-state index in [1.54, 1.807) is 0 Å². The number of carbonyl (C=O) groups is 1. The van der Waals surface area contributed by atoms with Crippen molar-refractivity contribution in [2.75, 3.05) is 0 Å². The molecule has 3 aliphatic carbocycles. The van der Waals surface area contributed by atoms with Crippen molar-refractivity contribution in [1.29, 1.82) is 0 Å². The van der Waals surface area contributed by atoms with Gasteiger partial charge in [0.2, 0.25) is 5.91 Å². The Morgan fingerprint density at radius 1 is 1.09 bits per heavy atom. The topological polar surface area (TPSA) is 46.3 Å². The van der Waals surface area contributed by atoms with E-state index in [2.05, 4.69) is 29.2 Å². The largest absolute Gasteiger partial charge is 0.333 e. The molecule has 3 aliphatic rings. The fraction of sp³-hybridized carbons (Fsp3) is 0.650. The van der Waals surface area contributed by atoms with Gasteiger partial charge in [0.25, 0.3) is 0 Å². The quantitative estimate of drug-likeness (QED) is 0.924. The number of aryl methyl sites for hydroxylation is 1. The summed E-state index contributed by atoms with van der Waals surface area (Å²) in [5.41, 5.74) is 9.05. The van der Waals surface area contributed by atoms with E-state index in [0.717, 1.165) is 25.7 Å². The summed E-state index contributed by atoms with van der Waals surface area (Å²) in [4.78, 5) is 15.4. The molecular formula is C20H28N2O. The molecule has 2 N–H and O–H groups in total. The minimum absolute atomic E-state index is 0.235. The Hall–Kier alpha value is -1.35. The van der Waals surface area contributed by atoms with Gasteiger partial charge in [0.1, 0.15) is 0 Å². The maximum Gasteiger partial charge on any atom is 0.223 e. The number of hydrogen-bond donors (Lipinski definition) is 1. The maximum atomic E-state index is 13.1. The van der Waals surface area contributed by atoms with Crippen LogP contribution in [0, 0.1) is 5.92 Å². The van der Waals surface area contributed by atoms with Crippen LogP contribution in [0.15, 0.2) is 24.3 Å². The third-order valence-electron chi connectivity index (χ3n) is 6.06. The molecule has 0 aromatic heterocycles. The summed E-state index contributed by atoms with van der Waals surface area (Å²) >= 11 is 0. The zero-order valence-corrected chi connectivity index (χ0v) is 13.9. The first-order valence-electron chi connectivity index (χ1n) is 9.38. The maximum absolute atomic E-state index is 13.1. The van der Waals surface area contributed by atoms with Crippen molar-refractivity contribution in [3.8, 4) is 0 Å². The summed E-state index contributed by atoms with van der Waals surface area (Å²) in [5, 5.41) is 0. The van der Waals surface area contributed by atoms with Gasteiger partial charge < -0.3 is 10.6 Å². The van der Waals surface area contributed by atoms with Crippen LogP contribution < -0.4 is 5.73 Å². The second-order valence-corrected chi connectivity index (χ2v) is 7.70. The lowest BCUT2D eigenvalue weighted by molar-refractivity contribution is -0.135. The molecule has 0 bridgehead atoms. The second kappa shape index (κ2) is 6.27. The lowest BCUT2D eigenvalue weighted by Gasteiger charge is -2.37. The molecule has 0 saturated heterocycles. The van der Waals surface area contributed by atoms with E-state index in [1.807, 2.05) is 0 Å². The molecule has 23 heavy (non-hydrogen) atoms.